The molecular weight excluding hydrogens is 1090 g/mol. The monoisotopic (exact) mass is 1230 g/mol. The third-order valence-corrected chi connectivity index (χ3v) is 16.7. The van der Waals surface area contributed by atoms with Crippen LogP contribution in [0.3, 0.4) is 0 Å². The van der Waals surface area contributed by atoms with Crippen LogP contribution in [0.4, 0.5) is 0 Å². The molecule has 0 aromatic carbocycles. The van der Waals surface area contributed by atoms with Crippen LogP contribution in [-0.4, -0.2) is 41.8 Å². The summed E-state index contributed by atoms with van der Waals surface area (Å²) in [7, 11) is 0. The van der Waals surface area contributed by atoms with Crippen LogP contribution in [0.5, 0.6) is 0 Å². The molecule has 0 amide bonds. The Labute approximate surface area is 526 Å². The van der Waals surface area contributed by atoms with Crippen molar-refractivity contribution in [3.8, 4) is 0 Å². The summed E-state index contributed by atoms with van der Waals surface area (Å²) in [6.45, 7) is 8.76. The van der Waals surface area contributed by atoms with Gasteiger partial charge in [0.2, 0.25) is 0 Å². The van der Waals surface area contributed by atoms with Crippen LogP contribution in [0.1, 0.15) is 387 Å². The van der Waals surface area contributed by atoms with Crippen LogP contribution in [0, 0.1) is 0 Å². The number of Topliss-reactive ketones (excluding diaryl/α,β-unsaturated/α-hetero) is 2. The number of rotatable bonds is 66. The molecule has 0 aliphatic rings. The van der Waals surface area contributed by atoms with Crippen molar-refractivity contribution in [1.29, 1.82) is 0 Å². The lowest BCUT2D eigenvalue weighted by Crippen LogP contribution is -2.62. The third-order valence-electron chi connectivity index (χ3n) is 16.7. The van der Waals surface area contributed by atoms with Crippen LogP contribution in [0.2, 0.25) is 0 Å². The van der Waals surface area contributed by atoms with Gasteiger partial charge in [-0.05, 0) is 128 Å². The van der Waals surface area contributed by atoms with E-state index in [1.165, 1.54) is 161 Å². The second-order valence-corrected chi connectivity index (χ2v) is 24.6. The van der Waals surface area contributed by atoms with E-state index in [9.17, 15) is 19.2 Å². The number of nitrogens with two attached hydrogens (primary N) is 1. The molecular formula is C75H138BrNO6. The predicted octanol–water partition coefficient (Wildman–Crippen LogP) is 24.0. The van der Waals surface area contributed by atoms with Crippen LogP contribution >= 0.6 is 17.0 Å². The van der Waals surface area contributed by atoms with E-state index >= 15 is 0 Å². The molecule has 0 spiro atoms. The van der Waals surface area contributed by atoms with Gasteiger partial charge in [-0.3, -0.25) is 19.2 Å². The van der Waals surface area contributed by atoms with Gasteiger partial charge >= 0.3 is 11.9 Å². The van der Waals surface area contributed by atoms with Gasteiger partial charge in [0.05, 0.1) is 0 Å². The van der Waals surface area contributed by atoms with E-state index in [0.717, 1.165) is 148 Å². The van der Waals surface area contributed by atoms with Gasteiger partial charge in [-0.25, -0.2) is 0 Å². The Kier molecular flexibility index (Phi) is 67.0. The van der Waals surface area contributed by atoms with Crippen molar-refractivity contribution in [2.75, 3.05) is 6.54 Å². The smallest absolute Gasteiger partial charge is 0.307 e. The molecule has 0 radical (unpaired) electrons. The minimum atomic E-state index is -2.24. The Morgan fingerprint density at radius 2 is 0.506 bits per heavy atom. The van der Waals surface area contributed by atoms with Crippen molar-refractivity contribution in [2.24, 2.45) is 5.73 Å². The van der Waals surface area contributed by atoms with Gasteiger partial charge < -0.3 is 15.2 Å². The van der Waals surface area contributed by atoms with Crippen molar-refractivity contribution in [1.82, 2.24) is 0 Å². The highest BCUT2D eigenvalue weighted by molar-refractivity contribution is 8.93. The Hall–Kier alpha value is -2.32. The molecule has 0 aromatic heterocycles. The first kappa shape index (κ1) is 82.7. The fourth-order valence-electron chi connectivity index (χ4n) is 11.2. The van der Waals surface area contributed by atoms with E-state index in [0.29, 0.717) is 25.7 Å². The molecule has 0 saturated carbocycles. The van der Waals surface area contributed by atoms with Gasteiger partial charge in [0.1, 0.15) is 0 Å². The van der Waals surface area contributed by atoms with Crippen molar-refractivity contribution in [3.63, 3.8) is 0 Å². The highest BCUT2D eigenvalue weighted by Crippen LogP contribution is 2.30. The fourth-order valence-corrected chi connectivity index (χ4v) is 11.2. The fraction of sp³-hybridized carbons (Fsp3) is 0.840. The molecule has 0 bridgehead atoms. The number of hydrogen-bond acceptors (Lipinski definition) is 7. The van der Waals surface area contributed by atoms with Crippen molar-refractivity contribution < 1.29 is 28.7 Å². The molecule has 0 heterocycles. The Balaban J connectivity index is 0. The molecule has 1 atom stereocenters. The number of ether oxygens (including phenoxy) is 2. The van der Waals surface area contributed by atoms with Crippen molar-refractivity contribution in [2.45, 2.75) is 399 Å². The number of allylic oxidation sites excluding steroid dienone is 8. The minimum Gasteiger partial charge on any atom is -0.456 e. The summed E-state index contributed by atoms with van der Waals surface area (Å²) < 4.78 is 12.4. The number of hydrogen-bond donors (Lipinski definition) is 1. The number of carbonyl (C=O) groups excluding carboxylic acids is 4. The minimum absolute atomic E-state index is 0. The first-order valence-electron chi connectivity index (χ1n) is 36.1. The summed E-state index contributed by atoms with van der Waals surface area (Å²) in [4.78, 5) is 57.5. The average Bonchev–Trinajstić information content (AvgIpc) is 3.68. The van der Waals surface area contributed by atoms with E-state index in [-0.39, 0.29) is 49.2 Å². The molecule has 7 nitrogen and oxygen atoms in total. The van der Waals surface area contributed by atoms with E-state index in [1.54, 1.807) is 0 Å². The molecule has 486 valence electrons. The van der Waals surface area contributed by atoms with Crippen molar-refractivity contribution >= 4 is 40.5 Å². The topological polar surface area (TPSA) is 113 Å². The normalized spacial score (nSPS) is 12.3. The molecule has 0 fully saturated rings. The predicted molar refractivity (Wildman–Crippen MR) is 366 cm³/mol. The lowest BCUT2D eigenvalue weighted by molar-refractivity contribution is -0.192. The van der Waals surface area contributed by atoms with E-state index in [4.69, 9.17) is 15.2 Å². The lowest BCUT2D eigenvalue weighted by Gasteiger charge is -2.36. The first-order chi connectivity index (χ1) is 40.3. The Bertz CT molecular complexity index is 1490. The van der Waals surface area contributed by atoms with Crippen LogP contribution in [-0.2, 0) is 28.7 Å². The molecule has 0 rings (SSSR count). The number of carbonyl (C=O) groups is 4. The van der Waals surface area contributed by atoms with E-state index < -0.39 is 35.2 Å². The second kappa shape index (κ2) is 67.2. The largest absolute Gasteiger partial charge is 0.456 e. The quantitative estimate of drug-likeness (QED) is 0.0279. The number of ketones is 2. The summed E-state index contributed by atoms with van der Waals surface area (Å²) >= 11 is 0. The van der Waals surface area contributed by atoms with Gasteiger partial charge in [0.25, 0.3) is 5.60 Å². The van der Waals surface area contributed by atoms with E-state index in [1.807, 2.05) is 0 Å². The van der Waals surface area contributed by atoms with E-state index in [2.05, 4.69) is 76.3 Å². The number of unbranched alkanes of at least 4 members (excludes halogenated alkanes) is 44. The Morgan fingerprint density at radius 3 is 0.747 bits per heavy atom. The zero-order chi connectivity index (χ0) is 59.8. The summed E-state index contributed by atoms with van der Waals surface area (Å²) in [5, 5.41) is 0. The molecule has 1 unspecified atom stereocenters. The summed E-state index contributed by atoms with van der Waals surface area (Å²) in [6.07, 6.45) is 76.9. The molecule has 0 aliphatic heterocycles. The molecule has 83 heavy (non-hydrogen) atoms. The zero-order valence-electron chi connectivity index (χ0n) is 55.4. The van der Waals surface area contributed by atoms with Gasteiger partial charge in [0, 0.05) is 32.2 Å². The molecule has 8 heteroatoms. The molecule has 0 saturated heterocycles. The second-order valence-electron chi connectivity index (χ2n) is 24.6. The van der Waals surface area contributed by atoms with Gasteiger partial charge in [-0.2, -0.15) is 0 Å². The SMILES string of the molecule is Br.CCCCCCCC/C=C\CCCCCCCC(=O)OC(CN)C(OC(=O)CCCCCCC/C=C\CCCCCCCC)(C(=O)CCCCCCC/C=C\CCCCCCCC)C(=O)CCCCCCC/C=C\CCCCCCCC. The number of esters is 2. The lowest BCUT2D eigenvalue weighted by atomic mass is 9.81. The highest BCUT2D eigenvalue weighted by atomic mass is 79.9. The van der Waals surface area contributed by atoms with Crippen LogP contribution < -0.4 is 5.73 Å². The molecule has 0 aliphatic carbocycles. The molecule has 0 aromatic rings. The van der Waals surface area contributed by atoms with Crippen LogP contribution in [0.25, 0.3) is 0 Å². The van der Waals surface area contributed by atoms with Gasteiger partial charge in [-0.1, -0.05) is 282 Å². The maximum atomic E-state index is 14.9. The number of halogens is 1. The maximum absolute atomic E-state index is 14.9. The molecule has 2 N–H and O–H groups in total. The summed E-state index contributed by atoms with van der Waals surface area (Å²) in [6, 6.07) is 0. The van der Waals surface area contributed by atoms with Gasteiger partial charge in [-0.15, -0.1) is 17.0 Å². The third kappa shape index (κ3) is 53.6. The average molecular weight is 1230 g/mol. The maximum Gasteiger partial charge on any atom is 0.307 e. The summed E-state index contributed by atoms with van der Waals surface area (Å²) in [5.41, 5.74) is 4.21. The Morgan fingerprint density at radius 1 is 0.301 bits per heavy atom. The van der Waals surface area contributed by atoms with Gasteiger partial charge in [0.15, 0.2) is 17.7 Å². The van der Waals surface area contributed by atoms with Crippen molar-refractivity contribution in [3.05, 3.63) is 48.6 Å². The summed E-state index contributed by atoms with van der Waals surface area (Å²) in [5.74, 6) is -2.01. The first-order valence-corrected chi connectivity index (χ1v) is 36.1. The zero-order valence-corrected chi connectivity index (χ0v) is 57.1. The standard InChI is InChI=1S/C75H137NO6.BrH/c1-5-9-13-17-21-25-29-33-37-41-45-49-53-57-61-65-70(77)75(71(78)66-62-58-54-50-46-42-38-34-30-26-22-18-14-10-6-2,82-74(80)68-64-60-56-52-48-44-40-36-32-28-24-20-16-12-8-4)72(69-76)81-73(79)67-63-59-55-51-47-43-39-35-31-27-23-19-15-11-7-3;/h33-40,72H,5-32,41-69,76H2,1-4H3;1H/b37-33-,38-34-,39-35-,40-36-;. The van der Waals surface area contributed by atoms with Crippen LogP contribution in [0.15, 0.2) is 48.6 Å². The highest BCUT2D eigenvalue weighted by Gasteiger charge is 2.56.